The summed E-state index contributed by atoms with van der Waals surface area (Å²) in [5, 5.41) is 3.04. The Balaban J connectivity index is 2.00. The number of aliphatic imine (C=N–C) groups is 1. The van der Waals surface area contributed by atoms with Crippen LogP contribution in [0.5, 0.6) is 5.75 Å². The van der Waals surface area contributed by atoms with E-state index in [1.54, 1.807) is 17.0 Å². The molecule has 1 fully saturated rings. The summed E-state index contributed by atoms with van der Waals surface area (Å²) in [5.41, 5.74) is 0.689. The number of hydrogen-bond acceptors (Lipinski definition) is 5. The molecule has 2 amide bonds. The first-order valence-electron chi connectivity index (χ1n) is 8.64. The van der Waals surface area contributed by atoms with Crippen LogP contribution in [0, 0.1) is 0 Å². The fraction of sp³-hybridized carbons (Fsp3) is 0.500. The fourth-order valence-corrected chi connectivity index (χ4v) is 3.61. The summed E-state index contributed by atoms with van der Waals surface area (Å²) in [5.74, 6) is 0.537. The molecule has 0 spiro atoms. The first-order chi connectivity index (χ1) is 12.1. The Hall–Kier alpha value is -2.02. The SMILES string of the molecule is CCCOc1ccc(NC(=O)[C@@H]2CC(=O)N(CC)C(=NCC)S2)cc1. The van der Waals surface area contributed by atoms with E-state index in [0.29, 0.717) is 30.6 Å². The van der Waals surface area contributed by atoms with Crippen molar-refractivity contribution in [1.29, 1.82) is 0 Å². The van der Waals surface area contributed by atoms with Crippen LogP contribution in [0.1, 0.15) is 33.6 Å². The van der Waals surface area contributed by atoms with E-state index in [1.165, 1.54) is 11.8 Å². The Morgan fingerprint density at radius 1 is 1.32 bits per heavy atom. The lowest BCUT2D eigenvalue weighted by Crippen LogP contribution is -2.45. The summed E-state index contributed by atoms with van der Waals surface area (Å²) in [7, 11) is 0. The Labute approximate surface area is 153 Å². The van der Waals surface area contributed by atoms with Gasteiger partial charge < -0.3 is 10.1 Å². The highest BCUT2D eigenvalue weighted by atomic mass is 32.2. The van der Waals surface area contributed by atoms with E-state index in [4.69, 9.17) is 4.74 Å². The smallest absolute Gasteiger partial charge is 0.238 e. The van der Waals surface area contributed by atoms with Gasteiger partial charge >= 0.3 is 0 Å². The summed E-state index contributed by atoms with van der Waals surface area (Å²) in [6.45, 7) is 7.69. The molecule has 1 saturated heterocycles. The molecule has 1 aromatic rings. The molecule has 7 heteroatoms. The van der Waals surface area contributed by atoms with E-state index in [0.717, 1.165) is 12.2 Å². The molecule has 1 aliphatic heterocycles. The maximum Gasteiger partial charge on any atom is 0.238 e. The van der Waals surface area contributed by atoms with Gasteiger partial charge in [-0.2, -0.15) is 0 Å². The molecule has 0 unspecified atom stereocenters. The van der Waals surface area contributed by atoms with Gasteiger partial charge in [-0.05, 0) is 44.5 Å². The predicted octanol–water partition coefficient (Wildman–Crippen LogP) is 3.14. The molecule has 1 atom stereocenters. The van der Waals surface area contributed by atoms with Crippen molar-refractivity contribution in [1.82, 2.24) is 4.90 Å². The molecule has 1 heterocycles. The quantitative estimate of drug-likeness (QED) is 0.808. The third-order valence-electron chi connectivity index (χ3n) is 3.64. The Bertz CT molecular complexity index is 631. The van der Waals surface area contributed by atoms with Crippen molar-refractivity contribution >= 4 is 34.4 Å². The maximum absolute atomic E-state index is 12.5. The Morgan fingerprint density at radius 2 is 2.04 bits per heavy atom. The van der Waals surface area contributed by atoms with E-state index >= 15 is 0 Å². The molecule has 0 bridgehead atoms. The first-order valence-corrected chi connectivity index (χ1v) is 9.52. The highest BCUT2D eigenvalue weighted by Crippen LogP contribution is 2.28. The number of carbonyl (C=O) groups excluding carboxylic acids is 2. The summed E-state index contributed by atoms with van der Waals surface area (Å²) in [6.07, 6.45) is 1.13. The number of ether oxygens (including phenoxy) is 1. The molecular formula is C18H25N3O3S. The summed E-state index contributed by atoms with van der Waals surface area (Å²) in [4.78, 5) is 30.8. The van der Waals surface area contributed by atoms with E-state index in [9.17, 15) is 9.59 Å². The average molecular weight is 363 g/mol. The van der Waals surface area contributed by atoms with E-state index in [-0.39, 0.29) is 18.2 Å². The number of amides is 2. The number of amidine groups is 1. The highest BCUT2D eigenvalue weighted by Gasteiger charge is 2.34. The topological polar surface area (TPSA) is 71.0 Å². The van der Waals surface area contributed by atoms with E-state index < -0.39 is 5.25 Å². The van der Waals surface area contributed by atoms with Gasteiger partial charge in [-0.25, -0.2) is 0 Å². The minimum Gasteiger partial charge on any atom is -0.494 e. The average Bonchev–Trinajstić information content (AvgIpc) is 2.61. The van der Waals surface area contributed by atoms with Crippen molar-refractivity contribution in [2.75, 3.05) is 25.0 Å². The van der Waals surface area contributed by atoms with Crippen molar-refractivity contribution in [3.63, 3.8) is 0 Å². The van der Waals surface area contributed by atoms with Crippen LogP contribution in [0.2, 0.25) is 0 Å². The molecule has 0 aliphatic carbocycles. The van der Waals surface area contributed by atoms with Gasteiger partial charge in [0, 0.05) is 25.2 Å². The largest absolute Gasteiger partial charge is 0.494 e. The Morgan fingerprint density at radius 3 is 2.64 bits per heavy atom. The molecule has 1 aromatic carbocycles. The number of anilines is 1. The lowest BCUT2D eigenvalue weighted by molar-refractivity contribution is -0.129. The second-order valence-electron chi connectivity index (χ2n) is 5.57. The van der Waals surface area contributed by atoms with Crippen LogP contribution < -0.4 is 10.1 Å². The molecule has 1 N–H and O–H groups in total. The number of hydrogen-bond donors (Lipinski definition) is 1. The second-order valence-corrected chi connectivity index (χ2v) is 6.74. The lowest BCUT2D eigenvalue weighted by Gasteiger charge is -2.30. The zero-order chi connectivity index (χ0) is 18.2. The molecule has 0 aromatic heterocycles. The monoisotopic (exact) mass is 363 g/mol. The minimum absolute atomic E-state index is 0.0584. The fourth-order valence-electron chi connectivity index (χ4n) is 2.40. The summed E-state index contributed by atoms with van der Waals surface area (Å²) < 4.78 is 5.53. The third-order valence-corrected chi connectivity index (χ3v) is 4.86. The maximum atomic E-state index is 12.5. The normalized spacial score (nSPS) is 19.2. The van der Waals surface area contributed by atoms with E-state index in [1.807, 2.05) is 32.9 Å². The molecule has 1 aliphatic rings. The van der Waals surface area contributed by atoms with Crippen LogP contribution in [0.3, 0.4) is 0 Å². The number of rotatable bonds is 7. The van der Waals surface area contributed by atoms with Crippen LogP contribution in [0.15, 0.2) is 29.3 Å². The van der Waals surface area contributed by atoms with Crippen LogP contribution in [0.25, 0.3) is 0 Å². The number of nitrogens with one attached hydrogen (secondary N) is 1. The van der Waals surface area contributed by atoms with Crippen molar-refractivity contribution in [3.05, 3.63) is 24.3 Å². The highest BCUT2D eigenvalue weighted by molar-refractivity contribution is 8.15. The number of nitrogens with zero attached hydrogens (tertiary/aromatic N) is 2. The second kappa shape index (κ2) is 9.46. The van der Waals surface area contributed by atoms with Gasteiger partial charge in [0.25, 0.3) is 0 Å². The van der Waals surface area contributed by atoms with Gasteiger partial charge in [0.15, 0.2) is 5.17 Å². The number of carbonyl (C=O) groups is 2. The predicted molar refractivity (Wildman–Crippen MR) is 102 cm³/mol. The zero-order valence-corrected chi connectivity index (χ0v) is 15.8. The summed E-state index contributed by atoms with van der Waals surface area (Å²) >= 11 is 1.35. The number of benzene rings is 1. The minimum atomic E-state index is -0.461. The van der Waals surface area contributed by atoms with Crippen LogP contribution in [-0.2, 0) is 9.59 Å². The molecule has 0 radical (unpaired) electrons. The van der Waals surface area contributed by atoms with Crippen molar-refractivity contribution < 1.29 is 14.3 Å². The van der Waals surface area contributed by atoms with Gasteiger partial charge in [-0.15, -0.1) is 0 Å². The van der Waals surface area contributed by atoms with Crippen LogP contribution in [0.4, 0.5) is 5.69 Å². The van der Waals surface area contributed by atoms with E-state index in [2.05, 4.69) is 10.3 Å². The number of thioether (sulfide) groups is 1. The third kappa shape index (κ3) is 5.22. The molecule has 2 rings (SSSR count). The van der Waals surface area contributed by atoms with Crippen LogP contribution >= 0.6 is 11.8 Å². The van der Waals surface area contributed by atoms with Gasteiger partial charge in [0.1, 0.15) is 11.0 Å². The van der Waals surface area contributed by atoms with Gasteiger partial charge in [-0.1, -0.05) is 18.7 Å². The van der Waals surface area contributed by atoms with Crippen molar-refractivity contribution in [2.45, 2.75) is 38.9 Å². The standard InChI is InChI=1S/C18H25N3O3S/c1-4-11-24-14-9-7-13(8-10-14)20-17(23)15-12-16(22)21(6-3)18(25-15)19-5-2/h7-10,15H,4-6,11-12H2,1-3H3,(H,20,23)/t15-/m0/s1. The van der Waals surface area contributed by atoms with Gasteiger partial charge in [0.2, 0.25) is 11.8 Å². The molecule has 0 saturated carbocycles. The molecule has 6 nitrogen and oxygen atoms in total. The molecule has 136 valence electrons. The lowest BCUT2D eigenvalue weighted by atomic mass is 10.2. The van der Waals surface area contributed by atoms with Crippen molar-refractivity contribution in [3.8, 4) is 5.75 Å². The Kier molecular flexibility index (Phi) is 7.31. The summed E-state index contributed by atoms with van der Waals surface area (Å²) in [6, 6.07) is 7.26. The van der Waals surface area contributed by atoms with Gasteiger partial charge in [-0.3, -0.25) is 19.5 Å². The molecule has 25 heavy (non-hydrogen) atoms. The van der Waals surface area contributed by atoms with Crippen LogP contribution in [-0.4, -0.2) is 46.8 Å². The first kappa shape index (κ1) is 19.3. The zero-order valence-electron chi connectivity index (χ0n) is 14.9. The van der Waals surface area contributed by atoms with Gasteiger partial charge in [0.05, 0.1) is 6.61 Å². The molecular weight excluding hydrogens is 338 g/mol. The van der Waals surface area contributed by atoms with Crippen molar-refractivity contribution in [2.24, 2.45) is 4.99 Å².